The van der Waals surface area contributed by atoms with Crippen molar-refractivity contribution in [3.63, 3.8) is 0 Å². The maximum Gasteiger partial charge on any atom is 0.141 e. The zero-order valence-corrected chi connectivity index (χ0v) is 15.3. The fraction of sp³-hybridized carbons (Fsp3) is 0.250. The summed E-state index contributed by atoms with van der Waals surface area (Å²) in [5, 5.41) is 20.2. The number of nitrogens with two attached hydrogens (primary N) is 2. The average Bonchev–Trinajstić information content (AvgIpc) is 2.60. The number of nitriles is 1. The van der Waals surface area contributed by atoms with E-state index in [2.05, 4.69) is 37.1 Å². The molecule has 2 rings (SSSR count). The molecule has 0 saturated heterocycles. The van der Waals surface area contributed by atoms with Crippen LogP contribution in [0.5, 0.6) is 0 Å². The summed E-state index contributed by atoms with van der Waals surface area (Å²) >= 11 is 0. The maximum atomic E-state index is 9.20. The molecule has 0 unspecified atom stereocenters. The number of hydrogen-bond donors (Lipinski definition) is 4. The normalized spacial score (nSPS) is 11.7. The molecule has 134 valence electrons. The highest BCUT2D eigenvalue weighted by molar-refractivity contribution is 6.10. The summed E-state index contributed by atoms with van der Waals surface area (Å²) in [7, 11) is 0. The van der Waals surface area contributed by atoms with E-state index in [1.165, 1.54) is 6.21 Å². The SMILES string of the molecule is CC(C)(C)CN/C=C(\C=N)c1ccc(C#N)nc1-c1ccc(N)c(N)c1. The number of benzene rings is 1. The fourth-order valence-electron chi connectivity index (χ4n) is 2.36. The Morgan fingerprint density at radius 3 is 2.54 bits per heavy atom. The molecule has 6 heteroatoms. The lowest BCUT2D eigenvalue weighted by Crippen LogP contribution is -2.23. The number of nitrogen functional groups attached to an aromatic ring is 2. The molecule has 6 nitrogen and oxygen atoms in total. The molecule has 2 aromatic rings. The van der Waals surface area contributed by atoms with Crippen molar-refractivity contribution in [1.82, 2.24) is 10.3 Å². The molecule has 1 aromatic carbocycles. The van der Waals surface area contributed by atoms with Gasteiger partial charge in [0.1, 0.15) is 11.8 Å². The summed E-state index contributed by atoms with van der Waals surface area (Å²) in [5.41, 5.74) is 15.8. The predicted molar refractivity (Wildman–Crippen MR) is 107 cm³/mol. The van der Waals surface area contributed by atoms with Gasteiger partial charge in [-0.05, 0) is 29.7 Å². The second kappa shape index (κ2) is 7.70. The molecule has 0 amide bonds. The average molecular weight is 348 g/mol. The largest absolute Gasteiger partial charge is 0.397 e. The number of rotatable bonds is 5. The Hall–Kier alpha value is -3.33. The molecule has 0 aliphatic carbocycles. The Morgan fingerprint density at radius 1 is 1.23 bits per heavy atom. The van der Waals surface area contributed by atoms with E-state index in [0.717, 1.165) is 17.7 Å². The molecule has 1 heterocycles. The van der Waals surface area contributed by atoms with Gasteiger partial charge in [0.05, 0.1) is 17.1 Å². The van der Waals surface area contributed by atoms with E-state index >= 15 is 0 Å². The Kier molecular flexibility index (Phi) is 5.63. The van der Waals surface area contributed by atoms with Crippen molar-refractivity contribution >= 4 is 23.2 Å². The number of anilines is 2. The maximum absolute atomic E-state index is 9.20. The Balaban J connectivity index is 2.53. The van der Waals surface area contributed by atoms with Gasteiger partial charge in [0.2, 0.25) is 0 Å². The number of allylic oxidation sites excluding steroid dienone is 1. The topological polar surface area (TPSA) is 125 Å². The first-order valence-corrected chi connectivity index (χ1v) is 8.26. The summed E-state index contributed by atoms with van der Waals surface area (Å²) in [6, 6.07) is 10.7. The number of nitrogens with one attached hydrogen (secondary N) is 2. The summed E-state index contributed by atoms with van der Waals surface area (Å²) in [6.07, 6.45) is 3.06. The molecule has 1 aromatic heterocycles. The van der Waals surface area contributed by atoms with Crippen LogP contribution in [0.4, 0.5) is 11.4 Å². The highest BCUT2D eigenvalue weighted by Crippen LogP contribution is 2.30. The molecule has 0 radical (unpaired) electrons. The Bertz CT molecular complexity index is 884. The summed E-state index contributed by atoms with van der Waals surface area (Å²) < 4.78 is 0. The van der Waals surface area contributed by atoms with Crippen molar-refractivity contribution in [3.8, 4) is 17.3 Å². The highest BCUT2D eigenvalue weighted by atomic mass is 14.8. The van der Waals surface area contributed by atoms with Crippen LogP contribution in [0.3, 0.4) is 0 Å². The van der Waals surface area contributed by atoms with E-state index in [-0.39, 0.29) is 5.41 Å². The van der Waals surface area contributed by atoms with Crippen molar-refractivity contribution in [2.75, 3.05) is 18.0 Å². The monoisotopic (exact) mass is 348 g/mol. The molecule has 0 aliphatic rings. The Labute approximate surface area is 154 Å². The van der Waals surface area contributed by atoms with E-state index in [0.29, 0.717) is 28.3 Å². The second-order valence-corrected chi connectivity index (χ2v) is 7.23. The second-order valence-electron chi connectivity index (χ2n) is 7.23. The van der Waals surface area contributed by atoms with Crippen LogP contribution in [0.25, 0.3) is 16.8 Å². The van der Waals surface area contributed by atoms with Gasteiger partial charge < -0.3 is 22.2 Å². The smallest absolute Gasteiger partial charge is 0.141 e. The van der Waals surface area contributed by atoms with Crippen molar-refractivity contribution in [2.24, 2.45) is 5.41 Å². The lowest BCUT2D eigenvalue weighted by molar-refractivity contribution is 0.403. The van der Waals surface area contributed by atoms with E-state index in [4.69, 9.17) is 16.9 Å². The van der Waals surface area contributed by atoms with Crippen LogP contribution in [0.2, 0.25) is 0 Å². The molecule has 0 aliphatic heterocycles. The predicted octanol–water partition coefficient (Wildman–Crippen LogP) is 3.41. The number of nitrogens with zero attached hydrogens (tertiary/aromatic N) is 2. The van der Waals surface area contributed by atoms with Crippen LogP contribution in [-0.2, 0) is 0 Å². The minimum Gasteiger partial charge on any atom is -0.397 e. The van der Waals surface area contributed by atoms with Gasteiger partial charge >= 0.3 is 0 Å². The van der Waals surface area contributed by atoms with Crippen molar-refractivity contribution in [2.45, 2.75) is 20.8 Å². The first kappa shape index (κ1) is 19.0. The third-order valence-corrected chi connectivity index (χ3v) is 3.73. The van der Waals surface area contributed by atoms with Crippen LogP contribution in [-0.4, -0.2) is 17.7 Å². The van der Waals surface area contributed by atoms with Gasteiger partial charge in [-0.2, -0.15) is 5.26 Å². The minimum atomic E-state index is 0.112. The van der Waals surface area contributed by atoms with E-state index in [1.807, 2.05) is 6.07 Å². The van der Waals surface area contributed by atoms with Crippen LogP contribution in [0.15, 0.2) is 36.5 Å². The van der Waals surface area contributed by atoms with E-state index in [1.54, 1.807) is 30.5 Å². The van der Waals surface area contributed by atoms with Gasteiger partial charge in [-0.1, -0.05) is 26.8 Å². The summed E-state index contributed by atoms with van der Waals surface area (Å²) in [5.74, 6) is 0. The van der Waals surface area contributed by atoms with Gasteiger partial charge in [-0.15, -0.1) is 0 Å². The number of hydrogen-bond acceptors (Lipinski definition) is 6. The molecule has 0 atom stereocenters. The lowest BCUT2D eigenvalue weighted by atomic mass is 9.96. The third kappa shape index (κ3) is 4.61. The van der Waals surface area contributed by atoms with Crippen molar-refractivity contribution in [1.29, 1.82) is 10.7 Å². The van der Waals surface area contributed by atoms with Crippen LogP contribution < -0.4 is 16.8 Å². The quantitative estimate of drug-likeness (QED) is 0.487. The van der Waals surface area contributed by atoms with Crippen LogP contribution >= 0.6 is 0 Å². The minimum absolute atomic E-state index is 0.112. The van der Waals surface area contributed by atoms with Gasteiger partial charge in [-0.3, -0.25) is 0 Å². The standard InChI is InChI=1S/C20H24N6/c1-20(2,3)12-25-11-14(9-21)16-6-5-15(10-22)26-19(16)13-4-7-17(23)18(24)8-13/h4-9,11,21,25H,12,23-24H2,1-3H3/b14-11+,21-9?. The first-order valence-electron chi connectivity index (χ1n) is 8.26. The van der Waals surface area contributed by atoms with Crippen LogP contribution in [0, 0.1) is 22.2 Å². The van der Waals surface area contributed by atoms with Crippen molar-refractivity contribution in [3.05, 3.63) is 47.8 Å². The number of aromatic nitrogens is 1. The molecule has 0 saturated carbocycles. The summed E-state index contributed by atoms with van der Waals surface area (Å²) in [4.78, 5) is 4.43. The fourth-order valence-corrected chi connectivity index (χ4v) is 2.36. The first-order chi connectivity index (χ1) is 12.2. The van der Waals surface area contributed by atoms with Gasteiger partial charge in [0.15, 0.2) is 0 Å². The zero-order valence-electron chi connectivity index (χ0n) is 15.3. The molecule has 6 N–H and O–H groups in total. The molecular formula is C20H24N6. The Morgan fingerprint density at radius 2 is 1.96 bits per heavy atom. The van der Waals surface area contributed by atoms with Gasteiger partial charge in [0, 0.05) is 35.7 Å². The molecule has 0 bridgehead atoms. The zero-order chi connectivity index (χ0) is 19.3. The molecular weight excluding hydrogens is 324 g/mol. The van der Waals surface area contributed by atoms with Gasteiger partial charge in [0.25, 0.3) is 0 Å². The lowest BCUT2D eigenvalue weighted by Gasteiger charge is -2.18. The third-order valence-electron chi connectivity index (χ3n) is 3.73. The molecule has 0 spiro atoms. The van der Waals surface area contributed by atoms with Gasteiger partial charge in [-0.25, -0.2) is 4.98 Å². The van der Waals surface area contributed by atoms with Crippen LogP contribution in [0.1, 0.15) is 32.0 Å². The van der Waals surface area contributed by atoms with E-state index in [9.17, 15) is 5.26 Å². The molecule has 0 fully saturated rings. The highest BCUT2D eigenvalue weighted by Gasteiger charge is 2.13. The van der Waals surface area contributed by atoms with Crippen molar-refractivity contribution < 1.29 is 0 Å². The number of pyridine rings is 1. The summed E-state index contributed by atoms with van der Waals surface area (Å²) in [6.45, 7) is 7.15. The molecule has 26 heavy (non-hydrogen) atoms. The van der Waals surface area contributed by atoms with E-state index < -0.39 is 0 Å².